The number of nitrogens with one attached hydrogen (secondary N) is 1. The van der Waals surface area contributed by atoms with E-state index >= 15 is 0 Å². The number of halogens is 2. The zero-order chi connectivity index (χ0) is 13.7. The molecule has 1 amide bonds. The monoisotopic (exact) mass is 323 g/mol. The lowest BCUT2D eigenvalue weighted by Gasteiger charge is -2.09. The van der Waals surface area contributed by atoms with Crippen LogP contribution in [-0.4, -0.2) is 12.5 Å². The Morgan fingerprint density at radius 3 is 2.58 bits per heavy atom. The van der Waals surface area contributed by atoms with Gasteiger partial charge in [0.25, 0.3) is 5.91 Å². The Labute approximate surface area is 118 Å². The summed E-state index contributed by atoms with van der Waals surface area (Å²) < 4.78 is 19.1. The molecule has 0 radical (unpaired) electrons. The first-order valence-corrected chi connectivity index (χ1v) is 6.38. The summed E-state index contributed by atoms with van der Waals surface area (Å²) in [5.74, 6) is -0.781. The van der Waals surface area contributed by atoms with Crippen LogP contribution in [0, 0.1) is 5.82 Å². The van der Waals surface area contributed by atoms with Gasteiger partial charge in [-0.05, 0) is 40.2 Å². The van der Waals surface area contributed by atoms with E-state index in [4.69, 9.17) is 4.74 Å². The molecule has 0 aliphatic rings. The number of amides is 1. The van der Waals surface area contributed by atoms with Gasteiger partial charge in [-0.3, -0.25) is 4.79 Å². The predicted molar refractivity (Wildman–Crippen MR) is 74.7 cm³/mol. The van der Waals surface area contributed by atoms with Crippen LogP contribution in [0.15, 0.2) is 53.0 Å². The number of hydrogen-bond acceptors (Lipinski definition) is 2. The maximum Gasteiger partial charge on any atom is 0.262 e. The third-order valence-electron chi connectivity index (χ3n) is 2.34. The number of para-hydroxylation sites is 2. The van der Waals surface area contributed by atoms with Crippen LogP contribution in [-0.2, 0) is 4.79 Å². The summed E-state index contributed by atoms with van der Waals surface area (Å²) in [5, 5.41) is 2.67. The Kier molecular flexibility index (Phi) is 4.52. The average molecular weight is 324 g/mol. The summed E-state index contributed by atoms with van der Waals surface area (Å²) >= 11 is 3.32. The van der Waals surface area contributed by atoms with Crippen molar-refractivity contribution >= 4 is 27.5 Å². The molecule has 0 saturated heterocycles. The van der Waals surface area contributed by atoms with E-state index in [0.29, 0.717) is 5.69 Å². The highest BCUT2D eigenvalue weighted by Gasteiger charge is 2.07. The first-order chi connectivity index (χ1) is 9.16. The van der Waals surface area contributed by atoms with E-state index in [2.05, 4.69) is 21.2 Å². The fourth-order valence-electron chi connectivity index (χ4n) is 1.45. The van der Waals surface area contributed by atoms with Gasteiger partial charge < -0.3 is 10.1 Å². The molecule has 19 heavy (non-hydrogen) atoms. The summed E-state index contributed by atoms with van der Waals surface area (Å²) in [4.78, 5) is 11.7. The summed E-state index contributed by atoms with van der Waals surface area (Å²) in [5.41, 5.74) is 0.643. The molecule has 3 nitrogen and oxygen atoms in total. The van der Waals surface area contributed by atoms with Gasteiger partial charge in [0.2, 0.25) is 0 Å². The number of hydrogen-bond donors (Lipinski definition) is 1. The normalized spacial score (nSPS) is 10.0. The molecule has 0 fully saturated rings. The molecule has 0 saturated carbocycles. The standard InChI is InChI=1S/C14H11BrFNO2/c15-10-5-1-3-7-12(10)17-14(18)9-19-13-8-4-2-6-11(13)16/h1-8H,9H2,(H,17,18). The van der Waals surface area contributed by atoms with Crippen LogP contribution in [0.4, 0.5) is 10.1 Å². The summed E-state index contributed by atoms with van der Waals surface area (Å²) in [6.45, 7) is -0.248. The van der Waals surface area contributed by atoms with Crippen molar-refractivity contribution in [3.05, 3.63) is 58.8 Å². The van der Waals surface area contributed by atoms with E-state index in [1.54, 1.807) is 24.3 Å². The van der Waals surface area contributed by atoms with E-state index in [1.807, 2.05) is 12.1 Å². The minimum atomic E-state index is -0.490. The molecule has 0 aliphatic carbocycles. The highest BCUT2D eigenvalue weighted by molar-refractivity contribution is 9.10. The lowest BCUT2D eigenvalue weighted by Crippen LogP contribution is -2.20. The molecule has 0 aromatic heterocycles. The van der Waals surface area contributed by atoms with Crippen molar-refractivity contribution in [1.82, 2.24) is 0 Å². The molecule has 5 heteroatoms. The lowest BCUT2D eigenvalue weighted by atomic mass is 10.3. The molecular formula is C14H11BrFNO2. The van der Waals surface area contributed by atoms with E-state index in [1.165, 1.54) is 12.1 Å². The zero-order valence-electron chi connectivity index (χ0n) is 9.90. The van der Waals surface area contributed by atoms with Gasteiger partial charge in [0, 0.05) is 4.47 Å². The zero-order valence-corrected chi connectivity index (χ0v) is 11.5. The number of benzene rings is 2. The van der Waals surface area contributed by atoms with Crippen molar-refractivity contribution in [2.45, 2.75) is 0 Å². The van der Waals surface area contributed by atoms with Crippen LogP contribution in [0.5, 0.6) is 5.75 Å². The fourth-order valence-corrected chi connectivity index (χ4v) is 1.84. The number of rotatable bonds is 4. The van der Waals surface area contributed by atoms with Gasteiger partial charge in [-0.1, -0.05) is 24.3 Å². The van der Waals surface area contributed by atoms with Crippen molar-refractivity contribution in [2.24, 2.45) is 0 Å². The second kappa shape index (κ2) is 6.33. The van der Waals surface area contributed by atoms with Gasteiger partial charge >= 0.3 is 0 Å². The van der Waals surface area contributed by atoms with Crippen molar-refractivity contribution in [2.75, 3.05) is 11.9 Å². The van der Waals surface area contributed by atoms with E-state index < -0.39 is 5.82 Å². The topological polar surface area (TPSA) is 38.3 Å². The molecular weight excluding hydrogens is 313 g/mol. The molecule has 1 N–H and O–H groups in total. The molecule has 2 aromatic carbocycles. The van der Waals surface area contributed by atoms with Gasteiger partial charge in [0.1, 0.15) is 0 Å². The van der Waals surface area contributed by atoms with Gasteiger partial charge in [-0.25, -0.2) is 4.39 Å². The molecule has 0 aliphatic heterocycles. The Morgan fingerprint density at radius 1 is 1.16 bits per heavy atom. The van der Waals surface area contributed by atoms with Crippen LogP contribution in [0.25, 0.3) is 0 Å². The molecule has 0 spiro atoms. The maximum atomic E-state index is 13.3. The van der Waals surface area contributed by atoms with Crippen LogP contribution < -0.4 is 10.1 Å². The Balaban J connectivity index is 1.92. The third kappa shape index (κ3) is 3.79. The van der Waals surface area contributed by atoms with E-state index in [9.17, 15) is 9.18 Å². The summed E-state index contributed by atoms with van der Waals surface area (Å²) in [7, 11) is 0. The van der Waals surface area contributed by atoms with Crippen molar-refractivity contribution in [3.8, 4) is 5.75 Å². The Morgan fingerprint density at radius 2 is 1.84 bits per heavy atom. The molecule has 2 aromatic rings. The second-order valence-electron chi connectivity index (χ2n) is 3.75. The molecule has 0 heterocycles. The maximum absolute atomic E-state index is 13.3. The van der Waals surface area contributed by atoms with E-state index in [0.717, 1.165) is 4.47 Å². The fraction of sp³-hybridized carbons (Fsp3) is 0.0714. The quantitative estimate of drug-likeness (QED) is 0.933. The largest absolute Gasteiger partial charge is 0.481 e. The highest BCUT2D eigenvalue weighted by atomic mass is 79.9. The molecule has 0 atom stereocenters. The number of carbonyl (C=O) groups excluding carboxylic acids is 1. The minimum absolute atomic E-state index is 0.0600. The number of anilines is 1. The summed E-state index contributed by atoms with van der Waals surface area (Å²) in [6.07, 6.45) is 0. The minimum Gasteiger partial charge on any atom is -0.481 e. The van der Waals surface area contributed by atoms with E-state index in [-0.39, 0.29) is 18.3 Å². The smallest absolute Gasteiger partial charge is 0.262 e. The van der Waals surface area contributed by atoms with Crippen molar-refractivity contribution in [3.63, 3.8) is 0 Å². The van der Waals surface area contributed by atoms with Crippen molar-refractivity contribution < 1.29 is 13.9 Å². The molecule has 0 bridgehead atoms. The first-order valence-electron chi connectivity index (χ1n) is 5.58. The SMILES string of the molecule is O=C(COc1ccccc1F)Nc1ccccc1Br. The first kappa shape index (κ1) is 13.5. The highest BCUT2D eigenvalue weighted by Crippen LogP contribution is 2.21. The number of carbonyl (C=O) groups is 1. The molecule has 2 rings (SSSR count). The average Bonchev–Trinajstić information content (AvgIpc) is 2.40. The number of ether oxygens (including phenoxy) is 1. The van der Waals surface area contributed by atoms with Crippen LogP contribution >= 0.6 is 15.9 Å². The Bertz CT molecular complexity index is 589. The van der Waals surface area contributed by atoms with Crippen LogP contribution in [0.1, 0.15) is 0 Å². The van der Waals surface area contributed by atoms with Crippen LogP contribution in [0.3, 0.4) is 0 Å². The van der Waals surface area contributed by atoms with Gasteiger partial charge in [0.15, 0.2) is 18.2 Å². The van der Waals surface area contributed by atoms with Gasteiger partial charge in [0.05, 0.1) is 5.69 Å². The van der Waals surface area contributed by atoms with Gasteiger partial charge in [-0.2, -0.15) is 0 Å². The predicted octanol–water partition coefficient (Wildman–Crippen LogP) is 3.61. The summed E-state index contributed by atoms with van der Waals surface area (Å²) in [6, 6.07) is 13.2. The third-order valence-corrected chi connectivity index (χ3v) is 3.03. The second-order valence-corrected chi connectivity index (χ2v) is 4.60. The molecule has 0 unspecified atom stereocenters. The van der Waals surface area contributed by atoms with Crippen molar-refractivity contribution in [1.29, 1.82) is 0 Å². The van der Waals surface area contributed by atoms with Crippen LogP contribution in [0.2, 0.25) is 0 Å². The van der Waals surface area contributed by atoms with Gasteiger partial charge in [-0.15, -0.1) is 0 Å². The lowest BCUT2D eigenvalue weighted by molar-refractivity contribution is -0.118. The Hall–Kier alpha value is -1.88. The molecule has 98 valence electrons.